The highest BCUT2D eigenvalue weighted by molar-refractivity contribution is 5.91. The first-order valence-corrected chi connectivity index (χ1v) is 20.8. The molecule has 10 atom stereocenters. The van der Waals surface area contributed by atoms with E-state index in [2.05, 4.69) is 20.7 Å². The van der Waals surface area contributed by atoms with E-state index in [0.717, 1.165) is 5.56 Å². The zero-order valence-electron chi connectivity index (χ0n) is 37.9. The van der Waals surface area contributed by atoms with Gasteiger partial charge in [0.2, 0.25) is 23.6 Å². The van der Waals surface area contributed by atoms with E-state index in [0.29, 0.717) is 25.8 Å². The molecular formula is C43H72N8O8. The van der Waals surface area contributed by atoms with Gasteiger partial charge < -0.3 is 34.6 Å². The molecule has 0 saturated carbocycles. The van der Waals surface area contributed by atoms with Gasteiger partial charge >= 0.3 is 5.97 Å². The van der Waals surface area contributed by atoms with Gasteiger partial charge in [-0.05, 0) is 70.6 Å². The lowest BCUT2D eigenvalue weighted by Crippen LogP contribution is -2.60. The SMILES string of the molecule is CC[C@H](C)[C@@H]([C@@H](CC(=O)N1CCC[C@H]1[C@H](OC)[C@@H](C)C(=O)N[C@@H](Cc1ccccc1)C(=O)OC(C)(C)C)OC)N(C)C(=O)[C@@H](NC(=O)[C@H](C(C)C)N(C)C)C(C)N=[N+]=[N-]. The maximum Gasteiger partial charge on any atom is 0.329 e. The average molecular weight is 829 g/mol. The normalized spacial score (nSPS) is 19.0. The molecule has 1 fully saturated rings. The van der Waals surface area contributed by atoms with Crippen LogP contribution in [0.4, 0.5) is 0 Å². The Kier molecular flexibility index (Phi) is 20.3. The molecule has 0 spiro atoms. The summed E-state index contributed by atoms with van der Waals surface area (Å²) in [6.45, 7) is 16.8. The van der Waals surface area contributed by atoms with Crippen molar-refractivity contribution in [3.05, 3.63) is 46.3 Å². The Balaban J connectivity index is 2.36. The van der Waals surface area contributed by atoms with Crippen LogP contribution in [0.3, 0.4) is 0 Å². The number of carbonyl (C=O) groups is 5. The number of nitrogens with zero attached hydrogens (tertiary/aromatic N) is 6. The summed E-state index contributed by atoms with van der Waals surface area (Å²) >= 11 is 0. The van der Waals surface area contributed by atoms with Gasteiger partial charge in [-0.1, -0.05) is 83.4 Å². The zero-order chi connectivity index (χ0) is 44.8. The minimum absolute atomic E-state index is 0.0664. The first kappa shape index (κ1) is 50.9. The predicted octanol–water partition coefficient (Wildman–Crippen LogP) is 4.75. The summed E-state index contributed by atoms with van der Waals surface area (Å²) in [6.07, 6.45) is 0.637. The molecule has 1 saturated heterocycles. The number of benzene rings is 1. The number of esters is 1. The average Bonchev–Trinajstić information content (AvgIpc) is 3.65. The number of carbonyl (C=O) groups excluding carboxylic acids is 5. The van der Waals surface area contributed by atoms with Crippen LogP contribution in [0.2, 0.25) is 0 Å². The van der Waals surface area contributed by atoms with Gasteiger partial charge in [-0.25, -0.2) is 4.79 Å². The van der Waals surface area contributed by atoms with Gasteiger partial charge in [-0.3, -0.25) is 24.1 Å². The Morgan fingerprint density at radius 1 is 0.966 bits per heavy atom. The number of rotatable bonds is 22. The van der Waals surface area contributed by atoms with Crippen LogP contribution in [-0.4, -0.2) is 140 Å². The number of azide groups is 1. The van der Waals surface area contributed by atoms with E-state index >= 15 is 0 Å². The summed E-state index contributed by atoms with van der Waals surface area (Å²) in [5, 5.41) is 9.56. The van der Waals surface area contributed by atoms with Crippen molar-refractivity contribution in [3.63, 3.8) is 0 Å². The Morgan fingerprint density at radius 3 is 2.10 bits per heavy atom. The highest BCUT2D eigenvalue weighted by atomic mass is 16.6. The van der Waals surface area contributed by atoms with Crippen molar-refractivity contribution in [2.24, 2.45) is 22.9 Å². The number of hydrogen-bond donors (Lipinski definition) is 2. The second-order valence-corrected chi connectivity index (χ2v) is 17.5. The third-order valence-electron chi connectivity index (χ3n) is 11.3. The van der Waals surface area contributed by atoms with Crippen molar-refractivity contribution >= 4 is 29.6 Å². The number of methoxy groups -OCH3 is 2. The molecule has 2 rings (SSSR count). The molecule has 0 bridgehead atoms. The summed E-state index contributed by atoms with van der Waals surface area (Å²) in [4.78, 5) is 77.4. The molecule has 4 amide bonds. The topological polar surface area (TPSA) is 196 Å². The van der Waals surface area contributed by atoms with Crippen LogP contribution in [0, 0.1) is 17.8 Å². The van der Waals surface area contributed by atoms with Crippen molar-refractivity contribution < 1.29 is 38.2 Å². The molecule has 0 aliphatic carbocycles. The lowest BCUT2D eigenvalue weighted by molar-refractivity contribution is -0.159. The van der Waals surface area contributed by atoms with E-state index in [-0.39, 0.29) is 36.5 Å². The van der Waals surface area contributed by atoms with Crippen LogP contribution in [0.15, 0.2) is 35.4 Å². The fourth-order valence-electron chi connectivity index (χ4n) is 8.15. The molecule has 1 aliphatic heterocycles. The Labute approximate surface area is 352 Å². The predicted molar refractivity (Wildman–Crippen MR) is 227 cm³/mol. The fourth-order valence-corrected chi connectivity index (χ4v) is 8.15. The number of nitrogens with one attached hydrogen (secondary N) is 2. The van der Waals surface area contributed by atoms with Crippen LogP contribution in [0.1, 0.15) is 93.6 Å². The van der Waals surface area contributed by atoms with Gasteiger partial charge in [-0.15, -0.1) is 0 Å². The Hall–Kier alpha value is -4.24. The monoisotopic (exact) mass is 829 g/mol. The van der Waals surface area contributed by atoms with Crippen molar-refractivity contribution in [2.75, 3.05) is 41.9 Å². The van der Waals surface area contributed by atoms with Gasteiger partial charge in [-0.2, -0.15) is 0 Å². The van der Waals surface area contributed by atoms with E-state index in [1.165, 1.54) is 19.1 Å². The molecule has 2 N–H and O–H groups in total. The number of likely N-dealkylation sites (tertiary alicyclic amines) is 1. The summed E-state index contributed by atoms with van der Waals surface area (Å²) < 4.78 is 17.6. The highest BCUT2D eigenvalue weighted by Gasteiger charge is 2.44. The van der Waals surface area contributed by atoms with E-state index < -0.39 is 77.8 Å². The number of ether oxygens (including phenoxy) is 3. The molecule has 1 heterocycles. The van der Waals surface area contributed by atoms with Crippen LogP contribution in [-0.2, 0) is 44.6 Å². The van der Waals surface area contributed by atoms with E-state index in [4.69, 9.17) is 14.2 Å². The summed E-state index contributed by atoms with van der Waals surface area (Å²) in [7, 11) is 8.20. The minimum Gasteiger partial charge on any atom is -0.458 e. The molecule has 1 unspecified atom stereocenters. The number of hydrogen-bond acceptors (Lipinski definition) is 10. The summed E-state index contributed by atoms with van der Waals surface area (Å²) in [6, 6.07) is 4.75. The lowest BCUT2D eigenvalue weighted by atomic mass is 9.89. The molecule has 0 aromatic heterocycles. The quantitative estimate of drug-likeness (QED) is 0.0718. The van der Waals surface area contributed by atoms with Gasteiger partial charge in [0.05, 0.1) is 48.7 Å². The highest BCUT2D eigenvalue weighted by Crippen LogP contribution is 2.30. The van der Waals surface area contributed by atoms with E-state index in [9.17, 15) is 29.5 Å². The van der Waals surface area contributed by atoms with Crippen LogP contribution in [0.25, 0.3) is 10.4 Å². The minimum atomic E-state index is -1.18. The maximum absolute atomic E-state index is 14.4. The molecule has 1 aromatic carbocycles. The molecule has 332 valence electrons. The molecule has 1 aromatic rings. The fraction of sp³-hybridized carbons (Fsp3) is 0.744. The van der Waals surface area contributed by atoms with Crippen molar-refractivity contribution in [2.45, 2.75) is 148 Å². The van der Waals surface area contributed by atoms with E-state index in [1.54, 1.807) is 65.6 Å². The van der Waals surface area contributed by atoms with Crippen molar-refractivity contribution in [1.82, 2.24) is 25.3 Å². The van der Waals surface area contributed by atoms with Crippen molar-refractivity contribution in [1.29, 1.82) is 0 Å². The molecule has 16 nitrogen and oxygen atoms in total. The Bertz CT molecular complexity index is 1570. The molecule has 59 heavy (non-hydrogen) atoms. The maximum atomic E-state index is 14.4. The van der Waals surface area contributed by atoms with Crippen LogP contribution in [0.5, 0.6) is 0 Å². The van der Waals surface area contributed by atoms with Gasteiger partial charge in [0.25, 0.3) is 0 Å². The second-order valence-electron chi connectivity index (χ2n) is 17.5. The van der Waals surface area contributed by atoms with Gasteiger partial charge in [0.15, 0.2) is 0 Å². The van der Waals surface area contributed by atoms with E-state index in [1.807, 2.05) is 58.0 Å². The number of amides is 4. The van der Waals surface area contributed by atoms with Crippen LogP contribution >= 0.6 is 0 Å². The molecular weight excluding hydrogens is 757 g/mol. The lowest BCUT2D eigenvalue weighted by Gasteiger charge is -2.41. The van der Waals surface area contributed by atoms with Gasteiger partial charge in [0, 0.05) is 39.1 Å². The third-order valence-corrected chi connectivity index (χ3v) is 11.3. The molecule has 16 heteroatoms. The van der Waals surface area contributed by atoms with Crippen molar-refractivity contribution in [3.8, 4) is 0 Å². The standard InChI is InChI=1S/C43H72N8O8/c1-15-27(4)37(50(12)41(55)35(29(6)47-48-44)46-40(54)36(26(2)3)49(10)11)33(57-13)25-34(52)51-23-19-22-32(51)38(58-14)28(5)39(53)45-31(42(56)59-43(7,8)9)24-30-20-17-16-18-21-30/h16-18,20-21,26-29,31-33,35-38H,15,19,22-25H2,1-14H3,(H,45,53)(H,46,54)/t27-,28+,29?,31-,32-,33+,35-,36-,37-,38+/m0/s1. The zero-order valence-corrected chi connectivity index (χ0v) is 37.9. The summed E-state index contributed by atoms with van der Waals surface area (Å²) in [5.41, 5.74) is 9.38. The number of likely N-dealkylation sites (N-methyl/N-ethyl adjacent to an activating group) is 2. The molecule has 0 radical (unpaired) electrons. The van der Waals surface area contributed by atoms with Gasteiger partial charge in [0.1, 0.15) is 17.7 Å². The summed E-state index contributed by atoms with van der Waals surface area (Å²) in [5.74, 6) is -2.99. The first-order chi connectivity index (χ1) is 27.6. The largest absolute Gasteiger partial charge is 0.458 e. The Morgan fingerprint density at radius 2 is 1.59 bits per heavy atom. The smallest absolute Gasteiger partial charge is 0.329 e. The second kappa shape index (κ2) is 23.5. The molecule has 1 aliphatic rings. The first-order valence-electron chi connectivity index (χ1n) is 20.8. The van der Waals surface area contributed by atoms with Crippen LogP contribution < -0.4 is 10.6 Å². The third kappa shape index (κ3) is 14.5.